The van der Waals surface area contributed by atoms with Crippen molar-refractivity contribution in [2.75, 3.05) is 25.0 Å². The first-order chi connectivity index (χ1) is 13.5. The monoisotopic (exact) mass is 383 g/mol. The van der Waals surface area contributed by atoms with Crippen molar-refractivity contribution < 1.29 is 4.79 Å². The quantitative estimate of drug-likeness (QED) is 0.716. The second kappa shape index (κ2) is 8.11. The molecule has 0 unspecified atom stereocenters. The van der Waals surface area contributed by atoms with Crippen LogP contribution in [0.1, 0.15) is 45.1 Å². The lowest BCUT2D eigenvalue weighted by Gasteiger charge is -2.47. The van der Waals surface area contributed by atoms with E-state index in [4.69, 9.17) is 0 Å². The molecule has 152 valence electrons. The number of benzene rings is 1. The van der Waals surface area contributed by atoms with Gasteiger partial charge in [0.15, 0.2) is 5.82 Å². The summed E-state index contributed by atoms with van der Waals surface area (Å²) in [6.45, 7) is 8.99. The topological polar surface area (TPSA) is 73.0 Å². The van der Waals surface area contributed by atoms with Gasteiger partial charge >= 0.3 is 0 Å². The molecule has 0 atom stereocenters. The van der Waals surface area contributed by atoms with Crippen LogP contribution >= 0.6 is 0 Å². The summed E-state index contributed by atoms with van der Waals surface area (Å²) >= 11 is 0. The van der Waals surface area contributed by atoms with E-state index in [1.807, 2.05) is 6.07 Å². The van der Waals surface area contributed by atoms with Crippen LogP contribution in [0.5, 0.6) is 0 Å². The molecule has 1 amide bonds. The molecule has 2 fully saturated rings. The number of nitrogens with zero attached hydrogens (tertiary/aromatic N) is 2. The minimum atomic E-state index is 0.0389. The lowest BCUT2D eigenvalue weighted by atomic mass is 9.78. The fourth-order valence-corrected chi connectivity index (χ4v) is 4.74. The number of aromatic nitrogens is 2. The van der Waals surface area contributed by atoms with Gasteiger partial charge in [-0.3, -0.25) is 14.8 Å². The third-order valence-electron chi connectivity index (χ3n) is 6.61. The number of anilines is 1. The van der Waals surface area contributed by atoms with Crippen LogP contribution in [-0.2, 0) is 4.79 Å². The van der Waals surface area contributed by atoms with Gasteiger partial charge in [-0.25, -0.2) is 0 Å². The predicted molar refractivity (Wildman–Crippen MR) is 113 cm³/mol. The molecule has 1 saturated carbocycles. The second-order valence-corrected chi connectivity index (χ2v) is 9.01. The van der Waals surface area contributed by atoms with Crippen molar-refractivity contribution in [1.29, 1.82) is 0 Å². The molecule has 0 radical (unpaired) electrons. The number of fused-ring (bicyclic) bond motifs is 1. The zero-order valence-corrected chi connectivity index (χ0v) is 17.3. The van der Waals surface area contributed by atoms with Gasteiger partial charge in [-0.05, 0) is 56.6 Å². The van der Waals surface area contributed by atoms with Gasteiger partial charge in [0.2, 0.25) is 5.91 Å². The third kappa shape index (κ3) is 4.17. The molecule has 6 heteroatoms. The van der Waals surface area contributed by atoms with Crippen molar-refractivity contribution in [3.8, 4) is 0 Å². The normalized spacial score (nSPS) is 23.7. The molecular weight excluding hydrogens is 350 g/mol. The summed E-state index contributed by atoms with van der Waals surface area (Å²) in [5.41, 5.74) is 2.16. The van der Waals surface area contributed by atoms with Gasteiger partial charge in [0.1, 0.15) is 0 Å². The summed E-state index contributed by atoms with van der Waals surface area (Å²) in [6.07, 6.45) is 5.35. The van der Waals surface area contributed by atoms with Crippen LogP contribution in [-0.4, -0.2) is 52.7 Å². The highest BCUT2D eigenvalue weighted by Gasteiger charge is 2.35. The predicted octanol–water partition coefficient (Wildman–Crippen LogP) is 3.30. The van der Waals surface area contributed by atoms with E-state index in [1.165, 1.54) is 31.2 Å². The Morgan fingerprint density at radius 3 is 2.71 bits per heavy atom. The molecule has 6 nitrogen and oxygen atoms in total. The minimum Gasteiger partial charge on any atom is -0.359 e. The van der Waals surface area contributed by atoms with Gasteiger partial charge in [0.25, 0.3) is 0 Å². The van der Waals surface area contributed by atoms with Gasteiger partial charge in [-0.15, -0.1) is 0 Å². The number of aryl methyl sites for hydroxylation is 1. The van der Waals surface area contributed by atoms with E-state index >= 15 is 0 Å². The van der Waals surface area contributed by atoms with Crippen LogP contribution in [0.25, 0.3) is 10.9 Å². The molecule has 1 saturated heterocycles. The van der Waals surface area contributed by atoms with Crippen molar-refractivity contribution in [3.05, 3.63) is 23.8 Å². The Bertz CT molecular complexity index is 815. The number of nitrogens with one attached hydrogen (secondary N) is 3. The van der Waals surface area contributed by atoms with Gasteiger partial charge in [0, 0.05) is 24.5 Å². The first kappa shape index (κ1) is 19.2. The van der Waals surface area contributed by atoms with Crippen molar-refractivity contribution >= 4 is 22.6 Å². The van der Waals surface area contributed by atoms with E-state index in [0.29, 0.717) is 0 Å². The van der Waals surface area contributed by atoms with Crippen LogP contribution in [0.3, 0.4) is 0 Å². The summed E-state index contributed by atoms with van der Waals surface area (Å²) in [7, 11) is 0. The maximum atomic E-state index is 12.3. The van der Waals surface area contributed by atoms with Crippen LogP contribution < -0.4 is 10.6 Å². The van der Waals surface area contributed by atoms with E-state index in [-0.39, 0.29) is 18.5 Å². The highest BCUT2D eigenvalue weighted by atomic mass is 16.2. The third-order valence-corrected chi connectivity index (χ3v) is 6.61. The smallest absolute Gasteiger partial charge is 0.239 e. The molecule has 1 aromatic carbocycles. The molecule has 2 aromatic rings. The molecule has 2 aliphatic rings. The van der Waals surface area contributed by atoms with Gasteiger partial charge < -0.3 is 10.6 Å². The zero-order chi connectivity index (χ0) is 19.7. The highest BCUT2D eigenvalue weighted by molar-refractivity contribution is 5.92. The largest absolute Gasteiger partial charge is 0.359 e. The number of carbonyl (C=O) groups excluding carboxylic acids is 1. The summed E-state index contributed by atoms with van der Waals surface area (Å²) in [4.78, 5) is 14.9. The Labute approximate surface area is 167 Å². The van der Waals surface area contributed by atoms with E-state index in [2.05, 4.69) is 58.6 Å². The molecule has 1 aliphatic heterocycles. The Morgan fingerprint density at radius 1 is 1.25 bits per heavy atom. The van der Waals surface area contributed by atoms with Crippen molar-refractivity contribution in [1.82, 2.24) is 20.4 Å². The Balaban J connectivity index is 1.19. The zero-order valence-electron chi connectivity index (χ0n) is 17.3. The average molecular weight is 384 g/mol. The van der Waals surface area contributed by atoms with Crippen molar-refractivity contribution in [2.24, 2.45) is 11.8 Å². The fourth-order valence-electron chi connectivity index (χ4n) is 4.74. The number of likely N-dealkylation sites (tertiary alicyclic amines) is 1. The maximum absolute atomic E-state index is 12.3. The highest BCUT2D eigenvalue weighted by Crippen LogP contribution is 2.33. The fraction of sp³-hybridized carbons (Fsp3) is 0.636. The van der Waals surface area contributed by atoms with Crippen molar-refractivity contribution in [3.63, 3.8) is 0 Å². The first-order valence-electron chi connectivity index (χ1n) is 10.7. The molecule has 1 aromatic heterocycles. The molecular formula is C22H33N5O. The van der Waals surface area contributed by atoms with Crippen molar-refractivity contribution in [2.45, 2.75) is 58.5 Å². The summed E-state index contributed by atoms with van der Waals surface area (Å²) < 4.78 is 0. The number of rotatable bonds is 6. The second-order valence-electron chi connectivity index (χ2n) is 9.01. The maximum Gasteiger partial charge on any atom is 0.239 e. The summed E-state index contributed by atoms with van der Waals surface area (Å²) in [6, 6.07) is 7.15. The Hall–Kier alpha value is -2.08. The van der Waals surface area contributed by atoms with E-state index < -0.39 is 0 Å². The number of H-pyrrole nitrogens is 1. The van der Waals surface area contributed by atoms with Gasteiger partial charge in [-0.1, -0.05) is 25.5 Å². The molecule has 2 heterocycles. The Kier molecular flexibility index (Phi) is 5.58. The minimum absolute atomic E-state index is 0.0389. The number of amides is 1. The molecule has 0 spiro atoms. The average Bonchev–Trinajstić information content (AvgIpc) is 3.05. The van der Waals surface area contributed by atoms with Gasteiger partial charge in [-0.2, -0.15) is 5.10 Å². The van der Waals surface area contributed by atoms with Crippen LogP contribution in [0.2, 0.25) is 0 Å². The molecule has 3 N–H and O–H groups in total. The number of hydrogen-bond donors (Lipinski definition) is 3. The van der Waals surface area contributed by atoms with Crippen LogP contribution in [0, 0.1) is 18.8 Å². The standard InChI is InChI=1S/C22H33N5O/c1-14(2)16-5-7-18(8-6-16)27-12-17(13-27)24-21(28)11-23-22-19-10-15(3)4-9-20(19)25-26-22/h4,9-10,14,16-18H,5-8,11-13H2,1-3H3,(H,24,28)(H2,23,25,26)/t16-,18+. The summed E-state index contributed by atoms with van der Waals surface area (Å²) in [5.74, 6) is 2.50. The SMILES string of the molecule is Cc1ccc2[nH]nc(NCC(=O)NC3CN([C@H]4CC[C@@H](C(C)C)CC4)C3)c2c1. The molecule has 4 rings (SSSR count). The van der Waals surface area contributed by atoms with E-state index in [1.54, 1.807) is 0 Å². The van der Waals surface area contributed by atoms with Gasteiger partial charge in [0.05, 0.1) is 18.1 Å². The lowest BCUT2D eigenvalue weighted by Crippen LogP contribution is -2.63. The Morgan fingerprint density at radius 2 is 2.00 bits per heavy atom. The van der Waals surface area contributed by atoms with Crippen LogP contribution in [0.4, 0.5) is 5.82 Å². The molecule has 1 aliphatic carbocycles. The molecule has 28 heavy (non-hydrogen) atoms. The lowest BCUT2D eigenvalue weighted by molar-refractivity contribution is -0.121. The number of hydrogen-bond acceptors (Lipinski definition) is 4. The first-order valence-corrected chi connectivity index (χ1v) is 10.7. The van der Waals surface area contributed by atoms with Crippen LogP contribution in [0.15, 0.2) is 18.2 Å². The molecule has 0 bridgehead atoms. The van der Waals surface area contributed by atoms with E-state index in [9.17, 15) is 4.79 Å². The van der Waals surface area contributed by atoms with E-state index in [0.717, 1.165) is 47.7 Å². The number of aromatic amines is 1. The summed E-state index contributed by atoms with van der Waals surface area (Å²) in [5, 5.41) is 14.6. The number of carbonyl (C=O) groups is 1.